The molecule has 1 unspecified atom stereocenters. The number of benzene rings is 2. The van der Waals surface area contributed by atoms with Crippen LogP contribution < -0.4 is 4.74 Å². The third kappa shape index (κ3) is 4.32. The molecule has 0 bridgehead atoms. The van der Waals surface area contributed by atoms with Crippen LogP contribution in [-0.2, 0) is 4.79 Å². The fourth-order valence-electron chi connectivity index (χ4n) is 3.46. The van der Waals surface area contributed by atoms with Crippen LogP contribution in [-0.4, -0.2) is 17.0 Å². The monoisotopic (exact) mass is 370 g/mol. The smallest absolute Gasteiger partial charge is 0.336 e. The molecule has 0 spiro atoms. The third-order valence-corrected chi connectivity index (χ3v) is 5.31. The Kier molecular flexibility index (Phi) is 5.42. The summed E-state index contributed by atoms with van der Waals surface area (Å²) in [6.45, 7) is 14.4. The Hall–Kier alpha value is -2.36. The van der Waals surface area contributed by atoms with Crippen molar-refractivity contribution >= 4 is 22.7 Å². The molecule has 0 aromatic heterocycles. The van der Waals surface area contributed by atoms with Crippen LogP contribution in [0.25, 0.3) is 10.8 Å². The summed E-state index contributed by atoms with van der Waals surface area (Å²) < 4.78 is 5.87. The highest BCUT2D eigenvalue weighted by molar-refractivity contribution is 6.06. The van der Waals surface area contributed by atoms with Gasteiger partial charge >= 0.3 is 11.9 Å². The molecule has 0 aliphatic rings. The second-order valence-electron chi connectivity index (χ2n) is 9.67. The summed E-state index contributed by atoms with van der Waals surface area (Å²) in [6, 6.07) is 10.2. The summed E-state index contributed by atoms with van der Waals surface area (Å²) in [4.78, 5) is 24.8. The lowest BCUT2D eigenvalue weighted by molar-refractivity contribution is -0.154. The molecule has 146 valence electrons. The van der Waals surface area contributed by atoms with Gasteiger partial charge in [-0.2, -0.15) is 0 Å². The molecule has 0 saturated carbocycles. The van der Waals surface area contributed by atoms with Crippen LogP contribution in [0.5, 0.6) is 5.75 Å². The van der Waals surface area contributed by atoms with Crippen LogP contribution in [0.3, 0.4) is 0 Å². The highest BCUT2D eigenvalue weighted by Gasteiger charge is 2.48. The maximum absolute atomic E-state index is 13.3. The van der Waals surface area contributed by atoms with E-state index in [4.69, 9.17) is 4.74 Å². The van der Waals surface area contributed by atoms with E-state index in [0.29, 0.717) is 22.9 Å². The summed E-state index contributed by atoms with van der Waals surface area (Å²) in [5.74, 6) is -0.903. The molecule has 1 atom stereocenters. The van der Waals surface area contributed by atoms with Crippen LogP contribution >= 0.6 is 0 Å². The Labute approximate surface area is 161 Å². The second-order valence-corrected chi connectivity index (χ2v) is 9.67. The van der Waals surface area contributed by atoms with Gasteiger partial charge in [-0.05, 0) is 41.7 Å². The molecule has 2 aromatic carbocycles. The maximum Gasteiger partial charge on any atom is 0.336 e. The molecule has 27 heavy (non-hydrogen) atoms. The van der Waals surface area contributed by atoms with Crippen molar-refractivity contribution in [2.75, 3.05) is 0 Å². The lowest BCUT2D eigenvalue weighted by Crippen LogP contribution is -2.45. The van der Waals surface area contributed by atoms with Gasteiger partial charge in [-0.1, -0.05) is 65.8 Å². The zero-order chi connectivity index (χ0) is 20.6. The molecular formula is C23H30O4. The van der Waals surface area contributed by atoms with Gasteiger partial charge in [0.1, 0.15) is 5.75 Å². The van der Waals surface area contributed by atoms with Crippen molar-refractivity contribution in [1.29, 1.82) is 0 Å². The topological polar surface area (TPSA) is 63.6 Å². The first-order valence-electron chi connectivity index (χ1n) is 9.24. The van der Waals surface area contributed by atoms with Crippen LogP contribution in [0.2, 0.25) is 0 Å². The van der Waals surface area contributed by atoms with E-state index in [0.717, 1.165) is 0 Å². The first-order chi connectivity index (χ1) is 12.3. The Morgan fingerprint density at radius 1 is 0.889 bits per heavy atom. The average Bonchev–Trinajstić information content (AvgIpc) is 2.52. The van der Waals surface area contributed by atoms with Crippen molar-refractivity contribution in [3.05, 3.63) is 42.0 Å². The third-order valence-electron chi connectivity index (χ3n) is 5.31. The van der Waals surface area contributed by atoms with Crippen molar-refractivity contribution in [3.63, 3.8) is 0 Å². The summed E-state index contributed by atoms with van der Waals surface area (Å²) in [6.07, 6.45) is 0.674. The highest BCUT2D eigenvalue weighted by atomic mass is 16.5. The maximum atomic E-state index is 13.3. The van der Waals surface area contributed by atoms with E-state index < -0.39 is 11.4 Å². The molecule has 0 saturated heterocycles. The zero-order valence-corrected chi connectivity index (χ0v) is 17.3. The molecule has 4 nitrogen and oxygen atoms in total. The minimum atomic E-state index is -1.00. The fourth-order valence-corrected chi connectivity index (χ4v) is 3.46. The van der Waals surface area contributed by atoms with Crippen molar-refractivity contribution in [2.45, 2.75) is 54.9 Å². The van der Waals surface area contributed by atoms with Gasteiger partial charge in [-0.15, -0.1) is 0 Å². The normalized spacial score (nSPS) is 14.6. The molecule has 4 heteroatoms. The number of rotatable bonds is 4. The van der Waals surface area contributed by atoms with E-state index >= 15 is 0 Å². The summed E-state index contributed by atoms with van der Waals surface area (Å²) in [7, 11) is 0. The average molecular weight is 370 g/mol. The molecule has 0 aliphatic heterocycles. The van der Waals surface area contributed by atoms with E-state index in [1.165, 1.54) is 6.07 Å². The van der Waals surface area contributed by atoms with Crippen molar-refractivity contribution in [3.8, 4) is 5.75 Å². The first-order valence-corrected chi connectivity index (χ1v) is 9.24. The predicted octanol–water partition coefficient (Wildman–Crippen LogP) is 5.93. The summed E-state index contributed by atoms with van der Waals surface area (Å²) in [5, 5.41) is 10.6. The number of hydrogen-bond acceptors (Lipinski definition) is 3. The van der Waals surface area contributed by atoms with Gasteiger partial charge in [-0.3, -0.25) is 4.79 Å². The largest absolute Gasteiger partial charge is 0.478 e. The Morgan fingerprint density at radius 2 is 1.44 bits per heavy atom. The van der Waals surface area contributed by atoms with Gasteiger partial charge in [0.15, 0.2) is 0 Å². The number of carboxylic acids is 1. The Morgan fingerprint density at radius 3 is 1.93 bits per heavy atom. The molecule has 0 radical (unpaired) electrons. The number of carbonyl (C=O) groups is 2. The molecule has 0 amide bonds. The molecule has 1 N–H and O–H groups in total. The lowest BCUT2D eigenvalue weighted by Gasteiger charge is -2.43. The minimum absolute atomic E-state index is 0.0454. The molecular weight excluding hydrogens is 340 g/mol. The van der Waals surface area contributed by atoms with Gasteiger partial charge in [0.25, 0.3) is 0 Å². The molecule has 0 fully saturated rings. The number of aromatic carboxylic acids is 1. The van der Waals surface area contributed by atoms with E-state index in [9.17, 15) is 14.7 Å². The number of hydrogen-bond donors (Lipinski definition) is 1. The van der Waals surface area contributed by atoms with Gasteiger partial charge in [0.05, 0.1) is 11.0 Å². The van der Waals surface area contributed by atoms with Gasteiger partial charge in [-0.25, -0.2) is 4.79 Å². The predicted molar refractivity (Wildman–Crippen MR) is 108 cm³/mol. The van der Waals surface area contributed by atoms with Crippen molar-refractivity contribution < 1.29 is 19.4 Å². The summed E-state index contributed by atoms with van der Waals surface area (Å²) in [5.41, 5.74) is -0.846. The van der Waals surface area contributed by atoms with Crippen molar-refractivity contribution in [1.82, 2.24) is 0 Å². The number of fused-ring (bicyclic) bond motifs is 1. The lowest BCUT2D eigenvalue weighted by atomic mass is 9.61. The van der Waals surface area contributed by atoms with E-state index in [-0.39, 0.29) is 22.4 Å². The van der Waals surface area contributed by atoms with Crippen LogP contribution in [0, 0.1) is 16.2 Å². The van der Waals surface area contributed by atoms with Gasteiger partial charge < -0.3 is 9.84 Å². The number of carboxylic acid groups (broad SMARTS) is 1. The fraction of sp³-hybridized carbons (Fsp3) is 0.478. The van der Waals surface area contributed by atoms with Crippen LogP contribution in [0.4, 0.5) is 0 Å². The first kappa shape index (κ1) is 20.9. The zero-order valence-electron chi connectivity index (χ0n) is 17.3. The Bertz CT molecular complexity index is 868. The highest BCUT2D eigenvalue weighted by Crippen LogP contribution is 2.47. The Balaban J connectivity index is 2.50. The molecule has 0 aliphatic carbocycles. The molecule has 2 aromatic rings. The van der Waals surface area contributed by atoms with E-state index in [2.05, 4.69) is 20.8 Å². The minimum Gasteiger partial charge on any atom is -0.478 e. The molecule has 2 rings (SSSR count). The SMILES string of the molecule is CC(C)(C)CC(C)(C(=O)Oc1ccc(C(=O)O)c2ccccc12)C(C)(C)C. The van der Waals surface area contributed by atoms with E-state index in [1.54, 1.807) is 24.3 Å². The van der Waals surface area contributed by atoms with E-state index in [1.807, 2.05) is 33.8 Å². The number of carbonyl (C=O) groups excluding carboxylic acids is 1. The number of ether oxygens (including phenoxy) is 1. The number of esters is 1. The molecule has 0 heterocycles. The van der Waals surface area contributed by atoms with Crippen LogP contribution in [0.1, 0.15) is 65.2 Å². The standard InChI is InChI=1S/C23H30O4/c1-21(2,3)14-23(7,22(4,5)6)20(26)27-18-13-12-17(19(24)25)15-10-8-9-11-16(15)18/h8-13H,14H2,1-7H3,(H,24,25). The quantitative estimate of drug-likeness (QED) is 0.535. The second kappa shape index (κ2) is 6.99. The van der Waals surface area contributed by atoms with Gasteiger partial charge in [0.2, 0.25) is 0 Å². The van der Waals surface area contributed by atoms with Crippen molar-refractivity contribution in [2.24, 2.45) is 16.2 Å². The summed E-state index contributed by atoms with van der Waals surface area (Å²) >= 11 is 0. The van der Waals surface area contributed by atoms with Crippen LogP contribution in [0.15, 0.2) is 36.4 Å². The van der Waals surface area contributed by atoms with Gasteiger partial charge in [0, 0.05) is 5.39 Å².